The molecule has 4 heteroatoms. The third-order valence-corrected chi connectivity index (χ3v) is 4.69. The third kappa shape index (κ3) is 2.27. The molecule has 0 unspecified atom stereocenters. The lowest BCUT2D eigenvalue weighted by Gasteiger charge is -2.31. The molecule has 0 aromatic carbocycles. The van der Waals surface area contributed by atoms with Crippen molar-refractivity contribution in [2.75, 3.05) is 20.3 Å². The van der Waals surface area contributed by atoms with Crippen molar-refractivity contribution in [1.29, 1.82) is 0 Å². The molecule has 2 aliphatic heterocycles. The molecule has 0 N–H and O–H groups in total. The van der Waals surface area contributed by atoms with E-state index in [1.807, 2.05) is 11.3 Å². The van der Waals surface area contributed by atoms with Crippen molar-refractivity contribution >= 4 is 11.3 Å². The maximum atomic E-state index is 5.89. The number of likely N-dealkylation sites (tertiary alicyclic amines) is 1. The van der Waals surface area contributed by atoms with Gasteiger partial charge in [0.15, 0.2) is 0 Å². The van der Waals surface area contributed by atoms with Crippen LogP contribution >= 0.6 is 11.3 Å². The largest absolute Gasteiger partial charge is 0.377 e. The number of methoxy groups -OCH3 is 1. The molecule has 0 amide bonds. The van der Waals surface area contributed by atoms with Crippen molar-refractivity contribution in [3.8, 4) is 0 Å². The molecule has 3 atom stereocenters. The minimum atomic E-state index is 0.250. The van der Waals surface area contributed by atoms with Gasteiger partial charge in [-0.25, -0.2) is 0 Å². The van der Waals surface area contributed by atoms with Gasteiger partial charge in [-0.3, -0.25) is 4.90 Å². The Hall–Kier alpha value is -0.420. The van der Waals surface area contributed by atoms with E-state index < -0.39 is 0 Å². The molecule has 0 aliphatic carbocycles. The van der Waals surface area contributed by atoms with Crippen LogP contribution in [0, 0.1) is 0 Å². The van der Waals surface area contributed by atoms with Gasteiger partial charge in [0, 0.05) is 37.7 Å². The zero-order valence-corrected chi connectivity index (χ0v) is 11.0. The molecule has 0 radical (unpaired) electrons. The Morgan fingerprint density at radius 1 is 1.59 bits per heavy atom. The van der Waals surface area contributed by atoms with Crippen LogP contribution in [0.3, 0.4) is 0 Å². The first-order valence-corrected chi connectivity index (χ1v) is 7.17. The minimum absolute atomic E-state index is 0.250. The second-order valence-corrected chi connectivity index (χ2v) is 5.86. The van der Waals surface area contributed by atoms with Gasteiger partial charge in [-0.05, 0) is 24.3 Å². The van der Waals surface area contributed by atoms with E-state index in [0.717, 1.165) is 19.7 Å². The molecule has 2 saturated heterocycles. The first-order valence-electron chi connectivity index (χ1n) is 6.29. The monoisotopic (exact) mass is 253 g/mol. The highest BCUT2D eigenvalue weighted by Crippen LogP contribution is 2.31. The van der Waals surface area contributed by atoms with Crippen molar-refractivity contribution in [1.82, 2.24) is 4.90 Å². The summed E-state index contributed by atoms with van der Waals surface area (Å²) < 4.78 is 11.5. The van der Waals surface area contributed by atoms with Gasteiger partial charge in [-0.1, -0.05) is 6.07 Å². The van der Waals surface area contributed by atoms with Crippen molar-refractivity contribution in [2.24, 2.45) is 0 Å². The Balaban J connectivity index is 1.72. The second-order valence-electron chi connectivity index (χ2n) is 4.83. The van der Waals surface area contributed by atoms with Crippen LogP contribution in [0.1, 0.15) is 17.7 Å². The Labute approximate surface area is 106 Å². The van der Waals surface area contributed by atoms with Crippen LogP contribution in [0.15, 0.2) is 17.5 Å². The van der Waals surface area contributed by atoms with Crippen LogP contribution in [0.4, 0.5) is 0 Å². The molecule has 0 spiro atoms. The maximum absolute atomic E-state index is 5.89. The van der Waals surface area contributed by atoms with Crippen molar-refractivity contribution in [3.63, 3.8) is 0 Å². The van der Waals surface area contributed by atoms with Gasteiger partial charge in [0.2, 0.25) is 0 Å². The molecule has 3 heterocycles. The van der Waals surface area contributed by atoms with E-state index in [4.69, 9.17) is 9.47 Å². The number of hydrogen-bond donors (Lipinski definition) is 0. The average Bonchev–Trinajstić information content (AvgIpc) is 2.98. The predicted octanol–water partition coefficient (Wildman–Crippen LogP) is 2.13. The zero-order valence-electron chi connectivity index (χ0n) is 10.2. The van der Waals surface area contributed by atoms with Crippen LogP contribution in [-0.4, -0.2) is 43.4 Å². The summed E-state index contributed by atoms with van der Waals surface area (Å²) in [7, 11) is 1.80. The number of thiophene rings is 1. The Kier molecular flexibility index (Phi) is 3.47. The maximum Gasteiger partial charge on any atom is 0.100 e. The molecule has 94 valence electrons. The minimum Gasteiger partial charge on any atom is -0.377 e. The molecule has 3 rings (SSSR count). The topological polar surface area (TPSA) is 21.7 Å². The Morgan fingerprint density at radius 3 is 3.29 bits per heavy atom. The smallest absolute Gasteiger partial charge is 0.100 e. The van der Waals surface area contributed by atoms with Crippen LogP contribution in [0.2, 0.25) is 0 Å². The van der Waals surface area contributed by atoms with E-state index in [2.05, 4.69) is 22.4 Å². The zero-order chi connectivity index (χ0) is 11.7. The lowest BCUT2D eigenvalue weighted by molar-refractivity contribution is -0.0655. The van der Waals surface area contributed by atoms with E-state index in [0.29, 0.717) is 6.04 Å². The number of nitrogens with zero attached hydrogens (tertiary/aromatic N) is 1. The lowest BCUT2D eigenvalue weighted by Crippen LogP contribution is -2.41. The standard InChI is InChI=1S/C13H19NO2S/c1-15-12-9-14(8-10-4-3-7-17-10)11-5-2-6-16-13(11)12/h3-4,7,11-13H,2,5-6,8-9H2,1H3/t11-,12+,13+/m0/s1. The Morgan fingerprint density at radius 2 is 2.53 bits per heavy atom. The normalized spacial score (nSPS) is 33.8. The number of hydrogen-bond acceptors (Lipinski definition) is 4. The van der Waals surface area contributed by atoms with E-state index in [1.54, 1.807) is 7.11 Å². The Bertz CT molecular complexity index is 354. The van der Waals surface area contributed by atoms with Crippen molar-refractivity contribution in [2.45, 2.75) is 37.6 Å². The molecule has 1 aromatic heterocycles. The third-order valence-electron chi connectivity index (χ3n) is 3.83. The van der Waals surface area contributed by atoms with Crippen LogP contribution in [0.25, 0.3) is 0 Å². The fourth-order valence-electron chi connectivity index (χ4n) is 3.00. The lowest BCUT2D eigenvalue weighted by atomic mass is 10.0. The number of fused-ring (bicyclic) bond motifs is 1. The fourth-order valence-corrected chi connectivity index (χ4v) is 3.73. The van der Waals surface area contributed by atoms with E-state index in [1.165, 1.54) is 17.7 Å². The van der Waals surface area contributed by atoms with Gasteiger partial charge >= 0.3 is 0 Å². The first-order chi connectivity index (χ1) is 8.38. The quantitative estimate of drug-likeness (QED) is 0.823. The van der Waals surface area contributed by atoms with Crippen LogP contribution in [0.5, 0.6) is 0 Å². The SMILES string of the molecule is CO[C@@H]1CN(Cc2cccs2)[C@H]2CCCO[C@@H]12. The second kappa shape index (κ2) is 5.06. The summed E-state index contributed by atoms with van der Waals surface area (Å²) in [6, 6.07) is 4.89. The molecule has 2 fully saturated rings. The molecule has 0 bridgehead atoms. The molecule has 3 nitrogen and oxygen atoms in total. The van der Waals surface area contributed by atoms with Gasteiger partial charge < -0.3 is 9.47 Å². The van der Waals surface area contributed by atoms with Gasteiger partial charge in [0.1, 0.15) is 6.10 Å². The predicted molar refractivity (Wildman–Crippen MR) is 68.3 cm³/mol. The highest BCUT2D eigenvalue weighted by molar-refractivity contribution is 7.09. The van der Waals surface area contributed by atoms with Gasteiger partial charge in [0.25, 0.3) is 0 Å². The molecule has 2 aliphatic rings. The summed E-state index contributed by atoms with van der Waals surface area (Å²) >= 11 is 1.83. The summed E-state index contributed by atoms with van der Waals surface area (Å²) in [5.41, 5.74) is 0. The fraction of sp³-hybridized carbons (Fsp3) is 0.692. The van der Waals surface area contributed by atoms with Gasteiger partial charge in [-0.15, -0.1) is 11.3 Å². The molecule has 0 saturated carbocycles. The van der Waals surface area contributed by atoms with E-state index in [9.17, 15) is 0 Å². The van der Waals surface area contributed by atoms with Crippen molar-refractivity contribution < 1.29 is 9.47 Å². The summed E-state index contributed by atoms with van der Waals surface area (Å²) in [4.78, 5) is 3.97. The number of ether oxygens (including phenoxy) is 2. The molecular weight excluding hydrogens is 234 g/mol. The van der Waals surface area contributed by atoms with Crippen LogP contribution < -0.4 is 0 Å². The van der Waals surface area contributed by atoms with Crippen molar-refractivity contribution in [3.05, 3.63) is 22.4 Å². The van der Waals surface area contributed by atoms with Gasteiger partial charge in [0.05, 0.1) is 6.10 Å². The number of rotatable bonds is 3. The summed E-state index contributed by atoms with van der Waals surface area (Å²) in [5.74, 6) is 0. The van der Waals surface area contributed by atoms with Gasteiger partial charge in [-0.2, -0.15) is 0 Å². The van der Waals surface area contributed by atoms with Crippen LogP contribution in [-0.2, 0) is 16.0 Å². The first kappa shape index (κ1) is 11.7. The molecule has 1 aromatic rings. The average molecular weight is 253 g/mol. The summed E-state index contributed by atoms with van der Waals surface area (Å²) in [5, 5.41) is 2.15. The molecular formula is C13H19NO2S. The highest BCUT2D eigenvalue weighted by Gasteiger charge is 2.44. The van der Waals surface area contributed by atoms with E-state index in [-0.39, 0.29) is 12.2 Å². The summed E-state index contributed by atoms with van der Waals surface area (Å²) in [6.45, 7) is 2.94. The molecule has 17 heavy (non-hydrogen) atoms. The summed E-state index contributed by atoms with van der Waals surface area (Å²) in [6.07, 6.45) is 2.96. The van der Waals surface area contributed by atoms with E-state index >= 15 is 0 Å². The highest BCUT2D eigenvalue weighted by atomic mass is 32.1.